The first-order chi connectivity index (χ1) is 17.7. The van der Waals surface area contributed by atoms with E-state index in [-0.39, 0.29) is 23.8 Å². The number of carboxylic acids is 1. The van der Waals surface area contributed by atoms with Crippen molar-refractivity contribution < 1.29 is 23.8 Å². The van der Waals surface area contributed by atoms with Crippen molar-refractivity contribution in [3.8, 4) is 22.6 Å². The molecule has 3 aromatic carbocycles. The number of rotatable bonds is 7. The average Bonchev–Trinajstić information content (AvgIpc) is 3.25. The summed E-state index contributed by atoms with van der Waals surface area (Å²) in [5.41, 5.74) is 6.03. The predicted octanol–water partition coefficient (Wildman–Crippen LogP) is 7.88. The lowest BCUT2D eigenvalue weighted by Crippen LogP contribution is -2.19. The Labute approximate surface area is 218 Å². The smallest absolute Gasteiger partial charge is 0.303 e. The molecule has 0 amide bonds. The number of ether oxygens (including phenoxy) is 2. The lowest BCUT2D eigenvalue weighted by atomic mass is 9.74. The van der Waals surface area contributed by atoms with Gasteiger partial charge in [0.15, 0.2) is 0 Å². The molecule has 194 valence electrons. The van der Waals surface area contributed by atoms with E-state index in [1.54, 1.807) is 19.2 Å². The molecule has 1 unspecified atom stereocenters. The number of halogens is 1. The number of fused-ring (bicyclic) bond motifs is 1. The summed E-state index contributed by atoms with van der Waals surface area (Å²) in [6.45, 7) is 4.63. The van der Waals surface area contributed by atoms with Crippen LogP contribution in [-0.4, -0.2) is 18.2 Å². The summed E-state index contributed by atoms with van der Waals surface area (Å²) < 4.78 is 27.0. The standard InChI is InChI=1S/C32H35FO4/c1-32(2)16-4-5-27(32)25-18-22(9-12-24(25)26-19-23(36-3)11-13-28(26)33)29-14-10-21-8-6-20(7-15-31(34)35)17-30(21)37-29/h6,8-9,11-13,17-19,27,29H,4-5,7,10,14-16H2,1-3H3,(H,34,35)/t27-,29?/m1/s1. The number of hydrogen-bond donors (Lipinski definition) is 1. The van der Waals surface area contributed by atoms with Crippen LogP contribution in [0.15, 0.2) is 54.6 Å². The Kier molecular flexibility index (Phi) is 6.98. The Morgan fingerprint density at radius 1 is 1.08 bits per heavy atom. The van der Waals surface area contributed by atoms with Crippen LogP contribution in [-0.2, 0) is 17.6 Å². The molecule has 0 saturated heterocycles. The number of aryl methyl sites for hydroxylation is 2. The molecule has 5 heteroatoms. The van der Waals surface area contributed by atoms with E-state index in [2.05, 4.69) is 38.1 Å². The van der Waals surface area contributed by atoms with Gasteiger partial charge in [-0.15, -0.1) is 0 Å². The Hall–Kier alpha value is -3.34. The van der Waals surface area contributed by atoms with Gasteiger partial charge in [-0.3, -0.25) is 4.79 Å². The van der Waals surface area contributed by atoms with Gasteiger partial charge in [-0.2, -0.15) is 0 Å². The number of hydrogen-bond acceptors (Lipinski definition) is 3. The summed E-state index contributed by atoms with van der Waals surface area (Å²) in [5.74, 6) is 0.758. The van der Waals surface area contributed by atoms with Gasteiger partial charge in [0.05, 0.1) is 7.11 Å². The zero-order chi connectivity index (χ0) is 26.2. The minimum Gasteiger partial charge on any atom is -0.497 e. The first-order valence-corrected chi connectivity index (χ1v) is 13.2. The van der Waals surface area contributed by atoms with Gasteiger partial charge < -0.3 is 14.6 Å². The molecule has 2 aliphatic rings. The molecule has 1 fully saturated rings. The maximum Gasteiger partial charge on any atom is 0.303 e. The van der Waals surface area contributed by atoms with Crippen LogP contribution >= 0.6 is 0 Å². The van der Waals surface area contributed by atoms with Gasteiger partial charge in [0, 0.05) is 12.0 Å². The molecule has 1 saturated carbocycles. The first-order valence-electron chi connectivity index (χ1n) is 13.2. The molecule has 1 heterocycles. The lowest BCUT2D eigenvalue weighted by molar-refractivity contribution is -0.136. The van der Waals surface area contributed by atoms with Crippen molar-refractivity contribution in [1.29, 1.82) is 0 Å². The highest BCUT2D eigenvalue weighted by Crippen LogP contribution is 2.52. The topological polar surface area (TPSA) is 55.8 Å². The largest absolute Gasteiger partial charge is 0.497 e. The molecule has 1 aliphatic carbocycles. The molecule has 4 nitrogen and oxygen atoms in total. The maximum atomic E-state index is 15.1. The molecule has 0 spiro atoms. The lowest BCUT2D eigenvalue weighted by Gasteiger charge is -2.32. The zero-order valence-corrected chi connectivity index (χ0v) is 21.9. The zero-order valence-electron chi connectivity index (χ0n) is 21.9. The van der Waals surface area contributed by atoms with Crippen LogP contribution in [0, 0.1) is 11.2 Å². The van der Waals surface area contributed by atoms with Crippen LogP contribution in [0.3, 0.4) is 0 Å². The van der Waals surface area contributed by atoms with Crippen LogP contribution < -0.4 is 9.47 Å². The minimum absolute atomic E-state index is 0.102. The Balaban J connectivity index is 1.52. The number of aliphatic carboxylic acids is 1. The van der Waals surface area contributed by atoms with Crippen molar-refractivity contribution in [2.24, 2.45) is 5.41 Å². The van der Waals surface area contributed by atoms with Gasteiger partial charge in [0.1, 0.15) is 23.4 Å². The second-order valence-corrected chi connectivity index (χ2v) is 11.1. The van der Waals surface area contributed by atoms with E-state index in [1.807, 2.05) is 12.1 Å². The quantitative estimate of drug-likeness (QED) is 0.357. The van der Waals surface area contributed by atoms with Crippen LogP contribution in [0.1, 0.15) is 80.2 Å². The van der Waals surface area contributed by atoms with E-state index < -0.39 is 5.97 Å². The van der Waals surface area contributed by atoms with Crippen molar-refractivity contribution in [3.05, 3.63) is 82.7 Å². The number of benzene rings is 3. The second kappa shape index (κ2) is 10.2. The molecular formula is C32H35FO4. The van der Waals surface area contributed by atoms with Crippen LogP contribution in [0.5, 0.6) is 11.5 Å². The molecule has 2 atom stereocenters. The van der Waals surface area contributed by atoms with Crippen molar-refractivity contribution in [2.75, 3.05) is 7.11 Å². The van der Waals surface area contributed by atoms with E-state index in [0.29, 0.717) is 23.7 Å². The van der Waals surface area contributed by atoms with E-state index in [0.717, 1.165) is 60.1 Å². The second-order valence-electron chi connectivity index (χ2n) is 11.1. The average molecular weight is 503 g/mol. The monoisotopic (exact) mass is 502 g/mol. The van der Waals surface area contributed by atoms with E-state index in [4.69, 9.17) is 14.6 Å². The molecule has 0 bridgehead atoms. The SMILES string of the molecule is COc1ccc(F)c(-c2ccc(C3CCc4ccc(CCC(=O)O)cc4O3)cc2[C@H]2CCCC2(C)C)c1. The van der Waals surface area contributed by atoms with Gasteiger partial charge in [-0.05, 0) is 95.5 Å². The van der Waals surface area contributed by atoms with Gasteiger partial charge in [0.2, 0.25) is 0 Å². The summed E-state index contributed by atoms with van der Waals surface area (Å²) in [6, 6.07) is 17.4. The number of carboxylic acid groups (broad SMARTS) is 1. The molecule has 0 aromatic heterocycles. The van der Waals surface area contributed by atoms with Gasteiger partial charge >= 0.3 is 5.97 Å². The van der Waals surface area contributed by atoms with Crippen molar-refractivity contribution in [1.82, 2.24) is 0 Å². The minimum atomic E-state index is -0.800. The Morgan fingerprint density at radius 2 is 1.92 bits per heavy atom. The third kappa shape index (κ3) is 5.22. The third-order valence-electron chi connectivity index (χ3n) is 8.25. The van der Waals surface area contributed by atoms with E-state index in [9.17, 15) is 4.79 Å². The van der Waals surface area contributed by atoms with E-state index >= 15 is 4.39 Å². The van der Waals surface area contributed by atoms with Crippen LogP contribution in [0.25, 0.3) is 11.1 Å². The van der Waals surface area contributed by atoms with Crippen LogP contribution in [0.4, 0.5) is 4.39 Å². The van der Waals surface area contributed by atoms with Gasteiger partial charge in [-0.25, -0.2) is 4.39 Å². The summed E-state index contributed by atoms with van der Waals surface area (Å²) in [6.07, 6.45) is 5.63. The fourth-order valence-electron chi connectivity index (χ4n) is 6.11. The number of carbonyl (C=O) groups is 1. The highest BCUT2D eigenvalue weighted by atomic mass is 19.1. The van der Waals surface area contributed by atoms with Crippen molar-refractivity contribution in [2.45, 2.75) is 70.8 Å². The summed E-state index contributed by atoms with van der Waals surface area (Å²) in [5, 5.41) is 9.05. The fraction of sp³-hybridized carbons (Fsp3) is 0.406. The van der Waals surface area contributed by atoms with Crippen molar-refractivity contribution in [3.63, 3.8) is 0 Å². The first kappa shape index (κ1) is 25.3. The maximum absolute atomic E-state index is 15.1. The molecular weight excluding hydrogens is 467 g/mol. The fourth-order valence-corrected chi connectivity index (χ4v) is 6.11. The summed E-state index contributed by atoms with van der Waals surface area (Å²) >= 11 is 0. The van der Waals surface area contributed by atoms with Gasteiger partial charge in [-0.1, -0.05) is 50.6 Å². The van der Waals surface area contributed by atoms with Gasteiger partial charge in [0.25, 0.3) is 0 Å². The normalized spacial score (nSPS) is 20.2. The molecule has 5 rings (SSSR count). The predicted molar refractivity (Wildman–Crippen MR) is 143 cm³/mol. The Bertz CT molecular complexity index is 1310. The molecule has 0 radical (unpaired) electrons. The number of methoxy groups -OCH3 is 1. The van der Waals surface area contributed by atoms with E-state index in [1.165, 1.54) is 11.6 Å². The van der Waals surface area contributed by atoms with Crippen molar-refractivity contribution >= 4 is 5.97 Å². The molecule has 1 N–H and O–H groups in total. The highest BCUT2D eigenvalue weighted by Gasteiger charge is 2.37. The molecule has 37 heavy (non-hydrogen) atoms. The van der Waals surface area contributed by atoms with Crippen LogP contribution in [0.2, 0.25) is 0 Å². The third-order valence-corrected chi connectivity index (χ3v) is 8.25. The highest BCUT2D eigenvalue weighted by molar-refractivity contribution is 5.71. The molecule has 1 aliphatic heterocycles. The summed E-state index contributed by atoms with van der Waals surface area (Å²) in [7, 11) is 1.60. The Morgan fingerprint density at radius 3 is 2.65 bits per heavy atom. The molecule has 3 aromatic rings. The summed E-state index contributed by atoms with van der Waals surface area (Å²) in [4.78, 5) is 11.0.